The maximum Gasteiger partial charge on any atom is 0.326 e. The van der Waals surface area contributed by atoms with Crippen molar-refractivity contribution in [3.63, 3.8) is 0 Å². The van der Waals surface area contributed by atoms with Gasteiger partial charge < -0.3 is 9.30 Å². The summed E-state index contributed by atoms with van der Waals surface area (Å²) in [7, 11) is -3.68. The summed E-state index contributed by atoms with van der Waals surface area (Å²) in [6.07, 6.45) is 3.59. The summed E-state index contributed by atoms with van der Waals surface area (Å²) in [5.41, 5.74) is 0.0384. The molecule has 12 heteroatoms. The number of sulfonamides is 1. The smallest absolute Gasteiger partial charge is 0.326 e. The minimum atomic E-state index is -3.68. The van der Waals surface area contributed by atoms with Gasteiger partial charge in [0.2, 0.25) is 10.0 Å². The molecule has 1 amide bonds. The van der Waals surface area contributed by atoms with Crippen LogP contribution < -0.4 is 4.80 Å². The third-order valence-corrected chi connectivity index (χ3v) is 8.73. The number of ether oxygens (including phenoxy) is 1. The number of carbonyl (C=O) groups is 2. The molecule has 0 unspecified atom stereocenters. The molecule has 1 aliphatic rings. The Balaban J connectivity index is 1.68. The number of benzene rings is 2. The highest BCUT2D eigenvalue weighted by Crippen LogP contribution is 2.23. The van der Waals surface area contributed by atoms with Gasteiger partial charge in [0.05, 0.1) is 21.7 Å². The second-order valence-corrected chi connectivity index (χ2v) is 11.2. The fourth-order valence-electron chi connectivity index (χ4n) is 4.05. The first-order chi connectivity index (χ1) is 17.2. The highest BCUT2D eigenvalue weighted by molar-refractivity contribution is 7.89. The van der Waals surface area contributed by atoms with Crippen molar-refractivity contribution >= 4 is 43.5 Å². The Labute approximate surface area is 210 Å². The molecule has 3 aromatic rings. The Hall–Kier alpha value is -2.96. The number of amides is 1. The number of hydrogen-bond acceptors (Lipinski definition) is 6. The first-order valence-electron chi connectivity index (χ1n) is 11.5. The second kappa shape index (κ2) is 11.0. The van der Waals surface area contributed by atoms with Crippen molar-refractivity contribution < 1.29 is 31.5 Å². The number of rotatable bonds is 6. The van der Waals surface area contributed by atoms with Gasteiger partial charge in [-0.15, -0.1) is 0 Å². The van der Waals surface area contributed by atoms with Crippen LogP contribution in [0, 0.1) is 11.6 Å². The highest BCUT2D eigenvalue weighted by Gasteiger charge is 2.25. The normalized spacial score (nSPS) is 15.7. The van der Waals surface area contributed by atoms with Crippen LogP contribution in [0.25, 0.3) is 10.2 Å². The molecule has 36 heavy (non-hydrogen) atoms. The molecule has 2 heterocycles. The van der Waals surface area contributed by atoms with Crippen LogP contribution >= 0.6 is 11.3 Å². The Kier molecular flexibility index (Phi) is 7.96. The Morgan fingerprint density at radius 1 is 1.06 bits per heavy atom. The summed E-state index contributed by atoms with van der Waals surface area (Å²) in [5, 5.41) is 0. The number of thiazole rings is 1. The number of fused-ring (bicyclic) bond motifs is 1. The first-order valence-corrected chi connectivity index (χ1v) is 13.8. The number of halogens is 2. The van der Waals surface area contributed by atoms with Gasteiger partial charge in [-0.1, -0.05) is 24.2 Å². The van der Waals surface area contributed by atoms with E-state index in [0.29, 0.717) is 19.2 Å². The average molecular weight is 538 g/mol. The van der Waals surface area contributed by atoms with E-state index in [2.05, 4.69) is 4.99 Å². The summed E-state index contributed by atoms with van der Waals surface area (Å²) in [5.74, 6) is -3.09. The van der Waals surface area contributed by atoms with Crippen molar-refractivity contribution in [2.75, 3.05) is 19.7 Å². The molecule has 1 fully saturated rings. The van der Waals surface area contributed by atoms with Crippen LogP contribution in [0.15, 0.2) is 46.3 Å². The lowest BCUT2D eigenvalue weighted by molar-refractivity contribution is -0.143. The molecule has 4 rings (SSSR count). The standard InChI is InChI=1S/C24H25F2N3O5S2/c1-2-34-21(30)15-29-22-19(26)13-17(25)14-20(22)35-24(29)27-23(31)16-7-9-18(10-8-16)36(32,33)28-11-5-3-4-6-12-28/h7-10,13-14H,2-6,11-12,15H2,1H3. The van der Waals surface area contributed by atoms with Crippen molar-refractivity contribution in [1.29, 1.82) is 0 Å². The molecule has 0 atom stereocenters. The SMILES string of the molecule is CCOC(=O)Cn1c(=NC(=O)c2ccc(S(=O)(=O)N3CCCCCC3)cc2)sc2cc(F)cc(F)c21. The van der Waals surface area contributed by atoms with E-state index in [1.807, 2.05) is 0 Å². The lowest BCUT2D eigenvalue weighted by Gasteiger charge is -2.19. The molecule has 0 bridgehead atoms. The molecular weight excluding hydrogens is 512 g/mol. The van der Waals surface area contributed by atoms with Gasteiger partial charge in [0.15, 0.2) is 10.6 Å². The summed E-state index contributed by atoms with van der Waals surface area (Å²) >= 11 is 0.849. The minimum Gasteiger partial charge on any atom is -0.465 e. The Morgan fingerprint density at radius 2 is 1.72 bits per heavy atom. The molecule has 8 nitrogen and oxygen atoms in total. The van der Waals surface area contributed by atoms with Gasteiger partial charge in [0.25, 0.3) is 5.91 Å². The van der Waals surface area contributed by atoms with Crippen LogP contribution in [-0.2, 0) is 26.1 Å². The van der Waals surface area contributed by atoms with Crippen molar-refractivity contribution in [1.82, 2.24) is 8.87 Å². The van der Waals surface area contributed by atoms with Gasteiger partial charge >= 0.3 is 5.97 Å². The van der Waals surface area contributed by atoms with E-state index in [1.165, 1.54) is 33.1 Å². The first kappa shape index (κ1) is 26.1. The lowest BCUT2D eigenvalue weighted by atomic mass is 10.2. The van der Waals surface area contributed by atoms with E-state index in [1.54, 1.807) is 6.92 Å². The number of nitrogens with zero attached hydrogens (tertiary/aromatic N) is 3. The quantitative estimate of drug-likeness (QED) is 0.445. The van der Waals surface area contributed by atoms with Crippen LogP contribution in [0.2, 0.25) is 0 Å². The zero-order valence-electron chi connectivity index (χ0n) is 19.6. The van der Waals surface area contributed by atoms with Gasteiger partial charge in [-0.2, -0.15) is 9.30 Å². The highest BCUT2D eigenvalue weighted by atomic mass is 32.2. The molecule has 2 aromatic carbocycles. The fourth-order valence-corrected chi connectivity index (χ4v) is 6.63. The van der Waals surface area contributed by atoms with Crippen LogP contribution in [-0.4, -0.2) is 48.9 Å². The molecule has 1 aromatic heterocycles. The van der Waals surface area contributed by atoms with E-state index in [9.17, 15) is 26.8 Å². The molecule has 0 saturated carbocycles. The Morgan fingerprint density at radius 3 is 2.36 bits per heavy atom. The van der Waals surface area contributed by atoms with E-state index < -0.39 is 40.1 Å². The molecule has 0 radical (unpaired) electrons. The minimum absolute atomic E-state index is 0.0196. The van der Waals surface area contributed by atoms with Crippen LogP contribution in [0.1, 0.15) is 43.0 Å². The molecular formula is C24H25F2N3O5S2. The monoisotopic (exact) mass is 537 g/mol. The maximum absolute atomic E-state index is 14.6. The number of aromatic nitrogens is 1. The molecule has 1 saturated heterocycles. The zero-order valence-corrected chi connectivity index (χ0v) is 21.2. The molecule has 0 spiro atoms. The van der Waals surface area contributed by atoms with E-state index in [-0.39, 0.29) is 32.1 Å². The average Bonchev–Trinajstić information content (AvgIpc) is 3.00. The van der Waals surface area contributed by atoms with Crippen molar-refractivity contribution in [3.05, 3.63) is 58.4 Å². The van der Waals surface area contributed by atoms with Gasteiger partial charge in [0, 0.05) is 24.7 Å². The predicted octanol–water partition coefficient (Wildman–Crippen LogP) is 3.85. The van der Waals surface area contributed by atoms with Crippen LogP contribution in [0.4, 0.5) is 8.78 Å². The van der Waals surface area contributed by atoms with Crippen LogP contribution in [0.3, 0.4) is 0 Å². The van der Waals surface area contributed by atoms with Crippen molar-refractivity contribution in [2.45, 2.75) is 44.0 Å². The number of esters is 1. The summed E-state index contributed by atoms with van der Waals surface area (Å²) in [6, 6.07) is 7.22. The number of hydrogen-bond donors (Lipinski definition) is 0. The topological polar surface area (TPSA) is 98.0 Å². The predicted molar refractivity (Wildman–Crippen MR) is 130 cm³/mol. The van der Waals surface area contributed by atoms with E-state index in [0.717, 1.165) is 43.1 Å². The second-order valence-electron chi connectivity index (χ2n) is 8.27. The summed E-state index contributed by atoms with van der Waals surface area (Å²) < 4.78 is 62.0. The largest absolute Gasteiger partial charge is 0.465 e. The third-order valence-electron chi connectivity index (χ3n) is 5.79. The molecule has 1 aliphatic heterocycles. The van der Waals surface area contributed by atoms with E-state index in [4.69, 9.17) is 4.74 Å². The maximum atomic E-state index is 14.6. The lowest BCUT2D eigenvalue weighted by Crippen LogP contribution is -2.31. The van der Waals surface area contributed by atoms with E-state index >= 15 is 0 Å². The van der Waals surface area contributed by atoms with Crippen molar-refractivity contribution in [2.24, 2.45) is 4.99 Å². The van der Waals surface area contributed by atoms with Gasteiger partial charge in [-0.05, 0) is 50.1 Å². The van der Waals surface area contributed by atoms with Gasteiger partial charge in [-0.25, -0.2) is 17.2 Å². The van der Waals surface area contributed by atoms with Gasteiger partial charge in [-0.3, -0.25) is 9.59 Å². The Bertz CT molecular complexity index is 1460. The summed E-state index contributed by atoms with van der Waals surface area (Å²) in [4.78, 5) is 29.1. The fraction of sp³-hybridized carbons (Fsp3) is 0.375. The van der Waals surface area contributed by atoms with Crippen LogP contribution in [0.5, 0.6) is 0 Å². The molecule has 192 valence electrons. The molecule has 0 N–H and O–H groups in total. The van der Waals surface area contributed by atoms with Crippen molar-refractivity contribution in [3.8, 4) is 0 Å². The summed E-state index contributed by atoms with van der Waals surface area (Å²) in [6.45, 7) is 2.23. The van der Waals surface area contributed by atoms with Gasteiger partial charge in [0.1, 0.15) is 12.4 Å². The zero-order chi connectivity index (χ0) is 25.9. The third kappa shape index (κ3) is 5.55. The number of carbonyl (C=O) groups excluding carboxylic acids is 2. The molecule has 0 aliphatic carbocycles.